The summed E-state index contributed by atoms with van der Waals surface area (Å²) in [6, 6.07) is 6.12. The van der Waals surface area contributed by atoms with Crippen LogP contribution < -0.4 is 10.5 Å². The number of carboxylic acids is 1. The number of rotatable bonds is 4. The Kier molecular flexibility index (Phi) is 3.60. The van der Waals surface area contributed by atoms with Gasteiger partial charge in [-0.15, -0.1) is 0 Å². The van der Waals surface area contributed by atoms with Crippen molar-refractivity contribution in [2.75, 3.05) is 0 Å². The van der Waals surface area contributed by atoms with Gasteiger partial charge in [0.15, 0.2) is 0 Å². The fourth-order valence-electron chi connectivity index (χ4n) is 1.51. The summed E-state index contributed by atoms with van der Waals surface area (Å²) in [7, 11) is 0. The molecule has 2 rings (SSSR count). The molecule has 1 amide bonds. The van der Waals surface area contributed by atoms with Crippen molar-refractivity contribution in [3.63, 3.8) is 0 Å². The zero-order valence-corrected chi connectivity index (χ0v) is 10.0. The van der Waals surface area contributed by atoms with E-state index in [9.17, 15) is 14.0 Å². The number of carbonyl (C=O) groups is 2. The van der Waals surface area contributed by atoms with Gasteiger partial charge in [-0.3, -0.25) is 4.79 Å². The summed E-state index contributed by atoms with van der Waals surface area (Å²) in [6.07, 6.45) is 1.34. The maximum atomic E-state index is 13.5. The number of nitrogens with two attached hydrogens (primary N) is 1. The lowest BCUT2D eigenvalue weighted by molar-refractivity contribution is 0.0693. The molecule has 6 nitrogen and oxygen atoms in total. The summed E-state index contributed by atoms with van der Waals surface area (Å²) in [5.74, 6) is -3.15. The molecule has 0 spiro atoms. The molecule has 0 radical (unpaired) electrons. The van der Waals surface area contributed by atoms with Crippen LogP contribution in [0.15, 0.2) is 36.5 Å². The van der Waals surface area contributed by atoms with Crippen LogP contribution in [0.25, 0.3) is 0 Å². The number of halogens is 1. The van der Waals surface area contributed by atoms with Crippen LogP contribution in [0, 0.1) is 5.82 Å². The van der Waals surface area contributed by atoms with Crippen molar-refractivity contribution in [3.05, 3.63) is 53.5 Å². The number of ether oxygens (including phenoxy) is 1. The van der Waals surface area contributed by atoms with Crippen LogP contribution in [0.1, 0.15) is 20.7 Å². The van der Waals surface area contributed by atoms with Gasteiger partial charge in [-0.2, -0.15) is 0 Å². The molecule has 3 N–H and O–H groups in total. The standard InChI is InChI=1S/C13H9FN2O4/c14-10-6-7(3-4-8(10)11(15)17)20-12-9(13(18)19)2-1-5-16-12/h1-6H,(H2,15,17)(H,18,19). The van der Waals surface area contributed by atoms with Gasteiger partial charge in [0, 0.05) is 12.3 Å². The average Bonchev–Trinajstić information content (AvgIpc) is 2.38. The van der Waals surface area contributed by atoms with Gasteiger partial charge in [0.25, 0.3) is 5.91 Å². The second kappa shape index (κ2) is 5.35. The quantitative estimate of drug-likeness (QED) is 0.886. The van der Waals surface area contributed by atoms with E-state index in [2.05, 4.69) is 4.98 Å². The van der Waals surface area contributed by atoms with E-state index in [1.165, 1.54) is 24.4 Å². The molecule has 20 heavy (non-hydrogen) atoms. The highest BCUT2D eigenvalue weighted by molar-refractivity contribution is 5.93. The molecule has 1 heterocycles. The smallest absolute Gasteiger partial charge is 0.341 e. The van der Waals surface area contributed by atoms with Crippen LogP contribution in [0.5, 0.6) is 11.6 Å². The van der Waals surface area contributed by atoms with Gasteiger partial charge in [-0.05, 0) is 24.3 Å². The van der Waals surface area contributed by atoms with E-state index < -0.39 is 17.7 Å². The van der Waals surface area contributed by atoms with Gasteiger partial charge < -0.3 is 15.6 Å². The van der Waals surface area contributed by atoms with Crippen LogP contribution >= 0.6 is 0 Å². The summed E-state index contributed by atoms with van der Waals surface area (Å²) in [4.78, 5) is 25.6. The first-order chi connectivity index (χ1) is 9.49. The monoisotopic (exact) mass is 276 g/mol. The van der Waals surface area contributed by atoms with Crippen LogP contribution in [0.3, 0.4) is 0 Å². The largest absolute Gasteiger partial charge is 0.477 e. The topological polar surface area (TPSA) is 103 Å². The average molecular weight is 276 g/mol. The van der Waals surface area contributed by atoms with E-state index >= 15 is 0 Å². The summed E-state index contributed by atoms with van der Waals surface area (Å²) >= 11 is 0. The SMILES string of the molecule is NC(=O)c1ccc(Oc2ncccc2C(=O)O)cc1F. The number of pyridine rings is 1. The Morgan fingerprint density at radius 1 is 1.25 bits per heavy atom. The molecule has 0 bridgehead atoms. The summed E-state index contributed by atoms with van der Waals surface area (Å²) in [5, 5.41) is 8.96. The number of hydrogen-bond donors (Lipinski definition) is 2. The van der Waals surface area contributed by atoms with E-state index in [1.807, 2.05) is 0 Å². The van der Waals surface area contributed by atoms with Crippen molar-refractivity contribution in [1.82, 2.24) is 4.98 Å². The maximum absolute atomic E-state index is 13.5. The van der Waals surface area contributed by atoms with Crippen molar-refractivity contribution in [2.45, 2.75) is 0 Å². The highest BCUT2D eigenvalue weighted by atomic mass is 19.1. The minimum atomic E-state index is -1.22. The summed E-state index contributed by atoms with van der Waals surface area (Å²) < 4.78 is 18.7. The molecule has 0 unspecified atom stereocenters. The van der Waals surface area contributed by atoms with Crippen molar-refractivity contribution in [2.24, 2.45) is 5.73 Å². The first-order valence-corrected chi connectivity index (χ1v) is 5.44. The number of benzene rings is 1. The first kappa shape index (κ1) is 13.5. The molecule has 1 aromatic heterocycles. The minimum Gasteiger partial charge on any atom is -0.477 e. The molecule has 0 aliphatic heterocycles. The van der Waals surface area contributed by atoms with Gasteiger partial charge >= 0.3 is 5.97 Å². The van der Waals surface area contributed by atoms with Gasteiger partial charge in [0.1, 0.15) is 17.1 Å². The Morgan fingerprint density at radius 2 is 2.00 bits per heavy atom. The molecule has 1 aromatic carbocycles. The van der Waals surface area contributed by atoms with Crippen LogP contribution in [0.4, 0.5) is 4.39 Å². The van der Waals surface area contributed by atoms with Gasteiger partial charge in [-0.25, -0.2) is 14.2 Å². The zero-order chi connectivity index (χ0) is 14.7. The third kappa shape index (κ3) is 2.72. The predicted molar refractivity (Wildman–Crippen MR) is 66.2 cm³/mol. The van der Waals surface area contributed by atoms with E-state index in [0.717, 1.165) is 12.1 Å². The molecule has 0 saturated heterocycles. The fraction of sp³-hybridized carbons (Fsp3) is 0. The van der Waals surface area contributed by atoms with E-state index in [4.69, 9.17) is 15.6 Å². The van der Waals surface area contributed by atoms with Crippen molar-refractivity contribution in [1.29, 1.82) is 0 Å². The van der Waals surface area contributed by atoms with E-state index in [-0.39, 0.29) is 22.8 Å². The Bertz CT molecular complexity index is 688. The highest BCUT2D eigenvalue weighted by Crippen LogP contribution is 2.24. The molecular weight excluding hydrogens is 267 g/mol. The number of primary amides is 1. The molecule has 0 aliphatic rings. The van der Waals surface area contributed by atoms with Crippen LogP contribution in [-0.4, -0.2) is 22.0 Å². The van der Waals surface area contributed by atoms with Crippen molar-refractivity contribution >= 4 is 11.9 Å². The molecule has 0 saturated carbocycles. The number of aromatic nitrogens is 1. The lowest BCUT2D eigenvalue weighted by Crippen LogP contribution is -2.13. The lowest BCUT2D eigenvalue weighted by atomic mass is 10.2. The normalized spacial score (nSPS) is 10.1. The number of carboxylic acid groups (broad SMARTS) is 1. The summed E-state index contributed by atoms with van der Waals surface area (Å²) in [5.41, 5.74) is 4.53. The molecule has 2 aromatic rings. The molecule has 7 heteroatoms. The maximum Gasteiger partial charge on any atom is 0.341 e. The fourth-order valence-corrected chi connectivity index (χ4v) is 1.51. The molecule has 0 atom stereocenters. The first-order valence-electron chi connectivity index (χ1n) is 5.44. The highest BCUT2D eigenvalue weighted by Gasteiger charge is 2.14. The molecular formula is C13H9FN2O4. The Morgan fingerprint density at radius 3 is 2.60 bits per heavy atom. The second-order valence-corrected chi connectivity index (χ2v) is 3.77. The van der Waals surface area contributed by atoms with Gasteiger partial charge in [0.2, 0.25) is 5.88 Å². The number of carbonyl (C=O) groups excluding carboxylic acids is 1. The number of hydrogen-bond acceptors (Lipinski definition) is 4. The summed E-state index contributed by atoms with van der Waals surface area (Å²) in [6.45, 7) is 0. The number of aromatic carboxylic acids is 1. The lowest BCUT2D eigenvalue weighted by Gasteiger charge is -2.08. The number of amides is 1. The molecule has 0 aliphatic carbocycles. The Labute approximate surface area is 112 Å². The zero-order valence-electron chi connectivity index (χ0n) is 10.0. The van der Waals surface area contributed by atoms with Crippen LogP contribution in [0.2, 0.25) is 0 Å². The molecule has 102 valence electrons. The Balaban J connectivity index is 2.34. The minimum absolute atomic E-state index is 0.00806. The van der Waals surface area contributed by atoms with Gasteiger partial charge in [0.05, 0.1) is 5.56 Å². The predicted octanol–water partition coefficient (Wildman–Crippen LogP) is 1.81. The van der Waals surface area contributed by atoms with Crippen molar-refractivity contribution < 1.29 is 23.8 Å². The Hall–Kier alpha value is -2.96. The third-order valence-electron chi connectivity index (χ3n) is 2.42. The third-order valence-corrected chi connectivity index (χ3v) is 2.42. The van der Waals surface area contributed by atoms with Gasteiger partial charge in [-0.1, -0.05) is 0 Å². The van der Waals surface area contributed by atoms with E-state index in [0.29, 0.717) is 0 Å². The number of nitrogens with zero attached hydrogens (tertiary/aromatic N) is 1. The molecule has 0 fully saturated rings. The van der Waals surface area contributed by atoms with E-state index in [1.54, 1.807) is 0 Å². The van der Waals surface area contributed by atoms with Crippen LogP contribution in [-0.2, 0) is 0 Å². The second-order valence-electron chi connectivity index (χ2n) is 3.77. The van der Waals surface area contributed by atoms with Crippen molar-refractivity contribution in [3.8, 4) is 11.6 Å².